The maximum Gasteiger partial charge on any atom is 0.328 e. The lowest BCUT2D eigenvalue weighted by atomic mass is 9.89. The number of hydrogen-bond acceptors (Lipinski definition) is 12. The van der Waals surface area contributed by atoms with Crippen molar-refractivity contribution in [2.75, 3.05) is 79.8 Å². The molecule has 0 unspecified atom stereocenters. The second kappa shape index (κ2) is 16.5. The quantitative estimate of drug-likeness (QED) is 0.119. The van der Waals surface area contributed by atoms with E-state index in [-0.39, 0.29) is 43.1 Å². The van der Waals surface area contributed by atoms with Gasteiger partial charge in [-0.1, -0.05) is 0 Å². The van der Waals surface area contributed by atoms with Crippen LogP contribution in [-0.4, -0.2) is 125 Å². The van der Waals surface area contributed by atoms with Crippen molar-refractivity contribution in [1.29, 1.82) is 5.26 Å². The topological polar surface area (TPSA) is 218 Å². The Labute approximate surface area is 341 Å². The number of rotatable bonds is 14. The normalized spacial score (nSPS) is 17.4. The van der Waals surface area contributed by atoms with Crippen LogP contribution >= 0.6 is 0 Å². The number of fused-ring (bicyclic) bond motifs is 1. The van der Waals surface area contributed by atoms with Gasteiger partial charge in [0.05, 0.1) is 30.1 Å². The summed E-state index contributed by atoms with van der Waals surface area (Å²) in [7, 11) is -3.38. The van der Waals surface area contributed by atoms with E-state index < -0.39 is 15.6 Å². The molecule has 0 radical (unpaired) electrons. The first-order valence-electron chi connectivity index (χ1n) is 19.6. The first-order chi connectivity index (χ1) is 28.5. The monoisotopic (exact) mass is 819 g/mol. The van der Waals surface area contributed by atoms with Crippen molar-refractivity contribution in [2.45, 2.75) is 31.7 Å². The fraction of sp³-hybridized carbons (Fsp3) is 0.375. The third-order valence-electron chi connectivity index (χ3n) is 11.2. The third kappa shape index (κ3) is 8.32. The average molecular weight is 820 g/mol. The van der Waals surface area contributed by atoms with Gasteiger partial charge in [0.25, 0.3) is 5.91 Å². The number of hydrogen-bond donors (Lipinski definition) is 4. The molecule has 18 nitrogen and oxygen atoms in total. The highest BCUT2D eigenvalue weighted by molar-refractivity contribution is 7.89. The highest BCUT2D eigenvalue weighted by Gasteiger charge is 2.49. The summed E-state index contributed by atoms with van der Waals surface area (Å²) in [5.74, 6) is -0.0762. The number of nitriles is 1. The molecule has 0 bridgehead atoms. The number of nitrogens with zero attached hydrogens (tertiary/aromatic N) is 9. The SMILES string of the molecule is CCS(=O)(=O)N1CC(CC#N)(n2cc(-c3nc(Nc4ccc(C(=O)NCCCN5CCN(c6ccc(N7CCC(=O)NC7=O)cc6)CC5)cc4)nc4[nH]ccc34)cn2)C1. The van der Waals surface area contributed by atoms with Gasteiger partial charge in [0.2, 0.25) is 21.9 Å². The summed E-state index contributed by atoms with van der Waals surface area (Å²) in [4.78, 5) is 55.5. The number of urea groups is 1. The number of imide groups is 1. The molecule has 0 spiro atoms. The molecular formula is C40H45N13O5S. The fourth-order valence-electron chi connectivity index (χ4n) is 7.72. The highest BCUT2D eigenvalue weighted by atomic mass is 32.2. The Balaban J connectivity index is 0.812. The van der Waals surface area contributed by atoms with Crippen molar-refractivity contribution in [3.05, 3.63) is 78.8 Å². The smallest absolute Gasteiger partial charge is 0.328 e. The molecule has 19 heteroatoms. The van der Waals surface area contributed by atoms with E-state index in [1.165, 1.54) is 4.31 Å². The van der Waals surface area contributed by atoms with E-state index in [1.807, 2.05) is 30.3 Å². The van der Waals surface area contributed by atoms with Gasteiger partial charge < -0.3 is 20.5 Å². The lowest BCUT2D eigenvalue weighted by Gasteiger charge is -2.47. The Morgan fingerprint density at radius 3 is 2.42 bits per heavy atom. The number of aromatic amines is 1. The van der Waals surface area contributed by atoms with E-state index >= 15 is 0 Å². The van der Waals surface area contributed by atoms with Gasteiger partial charge in [-0.15, -0.1) is 0 Å². The maximum atomic E-state index is 13.0. The molecule has 0 atom stereocenters. The molecule has 4 amide bonds. The third-order valence-corrected chi connectivity index (χ3v) is 12.9. The van der Waals surface area contributed by atoms with Gasteiger partial charge in [-0.3, -0.25) is 29.4 Å². The van der Waals surface area contributed by atoms with E-state index in [0.29, 0.717) is 53.6 Å². The van der Waals surface area contributed by atoms with Gasteiger partial charge in [0.15, 0.2) is 0 Å². The fourth-order valence-corrected chi connectivity index (χ4v) is 8.96. The molecule has 3 aliphatic heterocycles. The van der Waals surface area contributed by atoms with Gasteiger partial charge in [-0.25, -0.2) is 18.2 Å². The number of anilines is 4. The molecule has 6 heterocycles. The molecule has 306 valence electrons. The number of piperazine rings is 1. The summed E-state index contributed by atoms with van der Waals surface area (Å²) in [6.45, 7) is 7.30. The largest absolute Gasteiger partial charge is 0.369 e. The second-order valence-corrected chi connectivity index (χ2v) is 17.2. The van der Waals surface area contributed by atoms with Crippen molar-refractivity contribution in [2.24, 2.45) is 0 Å². The number of aromatic nitrogens is 5. The number of carbonyl (C=O) groups is 3. The van der Waals surface area contributed by atoms with Crippen LogP contribution < -0.4 is 25.8 Å². The van der Waals surface area contributed by atoms with Crippen molar-refractivity contribution in [1.82, 2.24) is 44.6 Å². The predicted octanol–water partition coefficient (Wildman–Crippen LogP) is 3.23. The van der Waals surface area contributed by atoms with Crippen molar-refractivity contribution >= 4 is 61.9 Å². The number of sulfonamides is 1. The number of H-pyrrole nitrogens is 1. The molecule has 5 aromatic rings. The molecule has 2 aromatic carbocycles. The molecule has 0 aliphatic carbocycles. The number of amides is 4. The Hall–Kier alpha value is -6.36. The zero-order valence-electron chi connectivity index (χ0n) is 32.6. The van der Waals surface area contributed by atoms with Crippen LogP contribution in [0.3, 0.4) is 0 Å². The first kappa shape index (κ1) is 39.5. The van der Waals surface area contributed by atoms with Crippen LogP contribution in [0.4, 0.5) is 27.8 Å². The highest BCUT2D eigenvalue weighted by Crippen LogP contribution is 2.36. The summed E-state index contributed by atoms with van der Waals surface area (Å²) >= 11 is 0. The summed E-state index contributed by atoms with van der Waals surface area (Å²) < 4.78 is 27.9. The molecule has 4 N–H and O–H groups in total. The minimum Gasteiger partial charge on any atom is -0.369 e. The van der Waals surface area contributed by atoms with Crippen LogP contribution in [0.1, 0.15) is 36.5 Å². The van der Waals surface area contributed by atoms with Crippen LogP contribution in [-0.2, 0) is 20.4 Å². The standard InChI is InChI=1S/C40H45N13O5S/c1-2-59(57,58)51-26-40(27-51,14-15-41)53-25-29(24-44-53)35-33-12-17-42-36(33)48-38(47-35)45-30-6-4-28(5-7-30)37(55)43-16-3-18-49-20-22-50(23-21-49)31-8-10-32(11-9-31)52-19-13-34(54)46-39(52)56/h4-12,17,24-25H,2-3,13-14,16,18-23,26-27H2,1H3,(H,43,55)(H,46,54,56)(H2,42,45,47,48). The number of benzene rings is 2. The van der Waals surface area contributed by atoms with Crippen LogP contribution in [0, 0.1) is 11.3 Å². The average Bonchev–Trinajstić information content (AvgIpc) is 3.92. The van der Waals surface area contributed by atoms with Crippen LogP contribution in [0.2, 0.25) is 0 Å². The van der Waals surface area contributed by atoms with Gasteiger partial charge in [-0.05, 0) is 74.5 Å². The van der Waals surface area contributed by atoms with Gasteiger partial charge in [-0.2, -0.15) is 19.6 Å². The molecule has 8 rings (SSSR count). The minimum atomic E-state index is -3.38. The zero-order valence-corrected chi connectivity index (χ0v) is 33.4. The van der Waals surface area contributed by atoms with E-state index in [1.54, 1.807) is 59.4 Å². The van der Waals surface area contributed by atoms with E-state index in [2.05, 4.69) is 46.9 Å². The summed E-state index contributed by atoms with van der Waals surface area (Å²) in [5.41, 5.74) is 4.24. The molecule has 3 aliphatic rings. The Morgan fingerprint density at radius 1 is 0.966 bits per heavy atom. The molecule has 3 saturated heterocycles. The lowest BCUT2D eigenvalue weighted by molar-refractivity contribution is -0.120. The molecular weight excluding hydrogens is 775 g/mol. The number of carbonyl (C=O) groups excluding carboxylic acids is 3. The Morgan fingerprint density at radius 2 is 1.71 bits per heavy atom. The van der Waals surface area contributed by atoms with Crippen LogP contribution in [0.5, 0.6) is 0 Å². The molecule has 59 heavy (non-hydrogen) atoms. The first-order valence-corrected chi connectivity index (χ1v) is 21.2. The summed E-state index contributed by atoms with van der Waals surface area (Å²) in [6, 6.07) is 18.6. The van der Waals surface area contributed by atoms with Crippen molar-refractivity contribution in [3.8, 4) is 17.3 Å². The molecule has 0 saturated carbocycles. The molecule has 3 fully saturated rings. The van der Waals surface area contributed by atoms with Gasteiger partial charge in [0.1, 0.15) is 11.2 Å². The number of nitrogens with one attached hydrogen (secondary N) is 4. The van der Waals surface area contributed by atoms with E-state index in [4.69, 9.17) is 4.98 Å². The van der Waals surface area contributed by atoms with E-state index in [9.17, 15) is 28.1 Å². The Kier molecular flexibility index (Phi) is 11.0. The summed E-state index contributed by atoms with van der Waals surface area (Å²) in [6.07, 6.45) is 6.46. The predicted molar refractivity (Wildman–Crippen MR) is 222 cm³/mol. The van der Waals surface area contributed by atoms with Gasteiger partial charge in [0, 0.05) is 105 Å². The maximum absolute atomic E-state index is 13.0. The lowest BCUT2D eigenvalue weighted by Crippen LogP contribution is -2.64. The van der Waals surface area contributed by atoms with Crippen molar-refractivity contribution < 1.29 is 22.8 Å². The molecule has 3 aromatic heterocycles. The zero-order chi connectivity index (χ0) is 41.1. The minimum absolute atomic E-state index is 0.00491. The van der Waals surface area contributed by atoms with Crippen LogP contribution in [0.15, 0.2) is 73.2 Å². The summed E-state index contributed by atoms with van der Waals surface area (Å²) in [5, 5.41) is 23.5. The van der Waals surface area contributed by atoms with E-state index in [0.717, 1.165) is 55.9 Å². The van der Waals surface area contributed by atoms with Crippen LogP contribution in [0.25, 0.3) is 22.3 Å². The van der Waals surface area contributed by atoms with Crippen molar-refractivity contribution in [3.63, 3.8) is 0 Å². The Bertz CT molecular complexity index is 2500. The second-order valence-electron chi connectivity index (χ2n) is 14.9. The van der Waals surface area contributed by atoms with Gasteiger partial charge >= 0.3 is 6.03 Å².